The van der Waals surface area contributed by atoms with E-state index < -0.39 is 22.5 Å². The average Bonchev–Trinajstić information content (AvgIpc) is 2.13. The Bertz CT molecular complexity index is 477. The number of halogens is 3. The van der Waals surface area contributed by atoms with Crippen LogP contribution in [0.15, 0.2) is 6.07 Å². The summed E-state index contributed by atoms with van der Waals surface area (Å²) in [5.74, 6) is -0.534. The zero-order chi connectivity index (χ0) is 12.5. The van der Waals surface area contributed by atoms with Crippen LogP contribution >= 0.6 is 34.8 Å². The van der Waals surface area contributed by atoms with Crippen LogP contribution in [0.3, 0.4) is 0 Å². The lowest BCUT2D eigenvalue weighted by molar-refractivity contribution is -0.385. The summed E-state index contributed by atoms with van der Waals surface area (Å²) in [6, 6.07) is 1.11. The van der Waals surface area contributed by atoms with Gasteiger partial charge in [0.1, 0.15) is 5.02 Å². The van der Waals surface area contributed by atoms with Crippen LogP contribution in [0.1, 0.15) is 0 Å². The second-order valence-electron chi connectivity index (χ2n) is 2.51. The minimum Gasteiger partial charge on any atom is -0.401 e. The molecule has 0 aliphatic carbocycles. The van der Waals surface area contributed by atoms with Crippen molar-refractivity contribution in [1.29, 1.82) is 0 Å². The quantitative estimate of drug-likeness (QED) is 0.513. The first-order valence-corrected chi connectivity index (χ1v) is 4.77. The summed E-state index contributed by atoms with van der Waals surface area (Å²) in [5, 5.41) is 9.95. The molecule has 0 saturated heterocycles. The Morgan fingerprint density at radius 1 is 1.38 bits per heavy atom. The van der Waals surface area contributed by atoms with Crippen LogP contribution in [-0.2, 0) is 0 Å². The topological polar surface area (TPSA) is 95.5 Å². The van der Waals surface area contributed by atoms with E-state index in [-0.39, 0.29) is 15.1 Å². The minimum atomic E-state index is -1.25. The predicted octanol–water partition coefficient (Wildman–Crippen LogP) is 3.01. The van der Waals surface area contributed by atoms with Gasteiger partial charge in [-0.25, -0.2) is 4.79 Å². The standard InChI is InChI=1S/C7H3Cl3N2O4/c8-2-1-3(9)6(16-7(11)13)5(4(2)10)12(14)15/h1H,(H2,11,13). The van der Waals surface area contributed by atoms with Gasteiger partial charge in [0.05, 0.1) is 15.0 Å². The smallest absolute Gasteiger partial charge is 0.401 e. The molecule has 0 radical (unpaired) electrons. The van der Waals surface area contributed by atoms with Gasteiger partial charge in [0.15, 0.2) is 0 Å². The molecule has 1 aromatic rings. The monoisotopic (exact) mass is 284 g/mol. The van der Waals surface area contributed by atoms with Crippen molar-refractivity contribution in [2.45, 2.75) is 0 Å². The number of nitrogens with two attached hydrogens (primary N) is 1. The third kappa shape index (κ3) is 2.46. The highest BCUT2D eigenvalue weighted by Crippen LogP contribution is 2.44. The van der Waals surface area contributed by atoms with Gasteiger partial charge in [0, 0.05) is 0 Å². The highest BCUT2D eigenvalue weighted by atomic mass is 35.5. The molecule has 6 nitrogen and oxygen atoms in total. The fourth-order valence-corrected chi connectivity index (χ4v) is 1.63. The molecule has 0 atom stereocenters. The SMILES string of the molecule is NC(=O)Oc1c(Cl)cc(Cl)c(Cl)c1[N+](=O)[O-]. The van der Waals surface area contributed by atoms with Crippen LogP contribution in [-0.4, -0.2) is 11.0 Å². The van der Waals surface area contributed by atoms with E-state index in [1.165, 1.54) is 0 Å². The van der Waals surface area contributed by atoms with Crippen molar-refractivity contribution in [3.63, 3.8) is 0 Å². The van der Waals surface area contributed by atoms with E-state index in [9.17, 15) is 14.9 Å². The molecule has 0 aliphatic heterocycles. The maximum Gasteiger partial charge on any atom is 0.410 e. The van der Waals surface area contributed by atoms with E-state index in [1.807, 2.05) is 0 Å². The maximum absolute atomic E-state index is 10.7. The Morgan fingerprint density at radius 2 is 1.94 bits per heavy atom. The number of carbonyl (C=O) groups excluding carboxylic acids is 1. The van der Waals surface area contributed by atoms with E-state index in [4.69, 9.17) is 40.5 Å². The number of amides is 1. The molecule has 0 fully saturated rings. The molecule has 2 N–H and O–H groups in total. The van der Waals surface area contributed by atoms with E-state index in [0.717, 1.165) is 6.07 Å². The normalized spacial score (nSPS) is 9.94. The van der Waals surface area contributed by atoms with Crippen LogP contribution in [0.2, 0.25) is 15.1 Å². The third-order valence-electron chi connectivity index (χ3n) is 1.49. The van der Waals surface area contributed by atoms with Gasteiger partial charge in [-0.1, -0.05) is 34.8 Å². The minimum absolute atomic E-state index is 0.129. The molecule has 1 aromatic carbocycles. The number of nitro benzene ring substituents is 1. The first-order chi connectivity index (χ1) is 7.34. The molecule has 1 amide bonds. The molecule has 86 valence electrons. The van der Waals surface area contributed by atoms with Gasteiger partial charge in [-0.3, -0.25) is 10.1 Å². The van der Waals surface area contributed by atoms with Gasteiger partial charge in [0.2, 0.25) is 5.75 Å². The summed E-state index contributed by atoms with van der Waals surface area (Å²) in [6.45, 7) is 0. The van der Waals surface area contributed by atoms with Crippen LogP contribution < -0.4 is 10.5 Å². The van der Waals surface area contributed by atoms with Gasteiger partial charge in [-0.2, -0.15) is 0 Å². The summed E-state index contributed by atoms with van der Waals surface area (Å²) in [4.78, 5) is 20.4. The van der Waals surface area contributed by atoms with Crippen LogP contribution in [0, 0.1) is 10.1 Å². The molecule has 9 heteroatoms. The van der Waals surface area contributed by atoms with E-state index in [1.54, 1.807) is 0 Å². The van der Waals surface area contributed by atoms with E-state index in [2.05, 4.69) is 4.74 Å². The molecule has 0 bridgehead atoms. The lowest BCUT2D eigenvalue weighted by atomic mass is 10.3. The molecule has 0 heterocycles. The Kier molecular flexibility index (Phi) is 3.79. The molecule has 0 saturated carbocycles. The van der Waals surface area contributed by atoms with Crippen molar-refractivity contribution < 1.29 is 14.5 Å². The number of nitro groups is 1. The fraction of sp³-hybridized carbons (Fsp3) is 0. The average molecular weight is 285 g/mol. The second kappa shape index (κ2) is 4.73. The Hall–Kier alpha value is -1.24. The predicted molar refractivity (Wildman–Crippen MR) is 58.3 cm³/mol. The molecule has 16 heavy (non-hydrogen) atoms. The zero-order valence-corrected chi connectivity index (χ0v) is 9.64. The number of hydrogen-bond acceptors (Lipinski definition) is 4. The first-order valence-electron chi connectivity index (χ1n) is 3.63. The molecule has 1 rings (SSSR count). The van der Waals surface area contributed by atoms with Crippen LogP contribution in [0.4, 0.5) is 10.5 Å². The number of nitrogens with zero attached hydrogens (tertiary/aromatic N) is 1. The third-order valence-corrected chi connectivity index (χ3v) is 2.55. The summed E-state index contributed by atoms with van der Waals surface area (Å²) in [7, 11) is 0. The van der Waals surface area contributed by atoms with Gasteiger partial charge < -0.3 is 10.5 Å². The number of hydrogen-bond donors (Lipinski definition) is 1. The molecule has 0 spiro atoms. The summed E-state index contributed by atoms with van der Waals surface area (Å²) in [6.07, 6.45) is -1.25. The zero-order valence-electron chi connectivity index (χ0n) is 7.37. The van der Waals surface area contributed by atoms with Crippen molar-refractivity contribution in [3.05, 3.63) is 31.2 Å². The molecular weight excluding hydrogens is 282 g/mol. The highest BCUT2D eigenvalue weighted by molar-refractivity contribution is 6.45. The van der Waals surface area contributed by atoms with E-state index >= 15 is 0 Å². The Balaban J connectivity index is 3.50. The van der Waals surface area contributed by atoms with Gasteiger partial charge in [0.25, 0.3) is 0 Å². The van der Waals surface area contributed by atoms with Crippen molar-refractivity contribution in [3.8, 4) is 5.75 Å². The van der Waals surface area contributed by atoms with E-state index in [0.29, 0.717) is 0 Å². The van der Waals surface area contributed by atoms with Gasteiger partial charge in [-0.05, 0) is 6.07 Å². The molecule has 0 unspecified atom stereocenters. The molecular formula is C7H3Cl3N2O4. The van der Waals surface area contributed by atoms with Crippen LogP contribution in [0.25, 0.3) is 0 Å². The summed E-state index contributed by atoms with van der Waals surface area (Å²) >= 11 is 16.8. The molecule has 0 aliphatic rings. The fourth-order valence-electron chi connectivity index (χ4n) is 0.927. The lowest BCUT2D eigenvalue weighted by Crippen LogP contribution is -2.17. The number of carbonyl (C=O) groups is 1. The highest BCUT2D eigenvalue weighted by Gasteiger charge is 2.27. The summed E-state index contributed by atoms with van der Waals surface area (Å²) in [5.41, 5.74) is 4.02. The number of ether oxygens (including phenoxy) is 1. The van der Waals surface area contributed by atoms with Crippen molar-refractivity contribution in [2.24, 2.45) is 5.73 Å². The van der Waals surface area contributed by atoms with Crippen LogP contribution in [0.5, 0.6) is 5.75 Å². The summed E-state index contributed by atoms with van der Waals surface area (Å²) < 4.78 is 4.40. The number of benzene rings is 1. The number of primary amides is 1. The largest absolute Gasteiger partial charge is 0.410 e. The molecule has 0 aromatic heterocycles. The number of rotatable bonds is 2. The van der Waals surface area contributed by atoms with Crippen molar-refractivity contribution in [1.82, 2.24) is 0 Å². The Labute approximate surface area is 104 Å². The van der Waals surface area contributed by atoms with Crippen molar-refractivity contribution in [2.75, 3.05) is 0 Å². The van der Waals surface area contributed by atoms with Gasteiger partial charge in [-0.15, -0.1) is 0 Å². The Morgan fingerprint density at radius 3 is 2.38 bits per heavy atom. The second-order valence-corrected chi connectivity index (χ2v) is 3.70. The first kappa shape index (κ1) is 12.8. The lowest BCUT2D eigenvalue weighted by Gasteiger charge is -2.06. The maximum atomic E-state index is 10.7. The van der Waals surface area contributed by atoms with Crippen molar-refractivity contribution >= 4 is 46.6 Å². The van der Waals surface area contributed by atoms with Gasteiger partial charge >= 0.3 is 11.8 Å².